The van der Waals surface area contributed by atoms with Crippen molar-refractivity contribution in [3.8, 4) is 0 Å². The molecule has 1 aromatic rings. The number of piperidine rings is 1. The predicted octanol–water partition coefficient (Wildman–Crippen LogP) is 2.72. The molecule has 0 amide bonds. The van der Waals surface area contributed by atoms with Crippen molar-refractivity contribution in [3.05, 3.63) is 34.9 Å². The summed E-state index contributed by atoms with van der Waals surface area (Å²) in [4.78, 5) is 5.05. The minimum absolute atomic E-state index is 0.336. The van der Waals surface area contributed by atoms with Gasteiger partial charge in [0.25, 0.3) is 0 Å². The highest BCUT2D eigenvalue weighted by Crippen LogP contribution is 2.26. The number of nitrogens with zero attached hydrogens (tertiary/aromatic N) is 2. The van der Waals surface area contributed by atoms with Gasteiger partial charge >= 0.3 is 0 Å². The molecule has 3 nitrogen and oxygen atoms in total. The lowest BCUT2D eigenvalue weighted by molar-refractivity contribution is 0.101. The van der Waals surface area contributed by atoms with Crippen LogP contribution in [0.3, 0.4) is 0 Å². The third-order valence-corrected chi connectivity index (χ3v) is 5.21. The average Bonchev–Trinajstić information content (AvgIpc) is 2.51. The van der Waals surface area contributed by atoms with E-state index in [0.717, 1.165) is 0 Å². The van der Waals surface area contributed by atoms with Gasteiger partial charge in [0.1, 0.15) is 0 Å². The van der Waals surface area contributed by atoms with Crippen LogP contribution < -0.4 is 5.73 Å². The van der Waals surface area contributed by atoms with Crippen LogP contribution in [-0.4, -0.2) is 49.1 Å². The molecule has 2 N–H and O–H groups in total. The molecule has 1 fully saturated rings. The van der Waals surface area contributed by atoms with E-state index >= 15 is 0 Å². The van der Waals surface area contributed by atoms with E-state index in [9.17, 15) is 0 Å². The maximum Gasteiger partial charge on any atom is 0.0470 e. The van der Waals surface area contributed by atoms with E-state index in [1.54, 1.807) is 0 Å². The molecule has 1 aliphatic heterocycles. The Bertz CT molecular complexity index is 450. The third kappa shape index (κ3) is 3.85. The molecule has 0 aromatic heterocycles. The summed E-state index contributed by atoms with van der Waals surface area (Å²) in [6, 6.07) is 7.77. The van der Waals surface area contributed by atoms with Crippen molar-refractivity contribution in [2.45, 2.75) is 45.7 Å². The zero-order valence-electron chi connectivity index (χ0n) is 14.1. The summed E-state index contributed by atoms with van der Waals surface area (Å²) in [5.74, 6) is 0. The number of likely N-dealkylation sites (N-methyl/N-ethyl adjacent to an activating group) is 1. The van der Waals surface area contributed by atoms with Gasteiger partial charge in [0.15, 0.2) is 0 Å². The van der Waals surface area contributed by atoms with Gasteiger partial charge in [0.05, 0.1) is 0 Å². The zero-order valence-corrected chi connectivity index (χ0v) is 14.1. The molecule has 0 radical (unpaired) electrons. The standard InChI is InChI=1S/C18H31N3/c1-5-21-10-8-17(9-11-21)20(4)18(13-19)16-7-6-14(2)15(3)12-16/h6-7,12,17-18H,5,8-11,13,19H2,1-4H3. The highest BCUT2D eigenvalue weighted by molar-refractivity contribution is 5.32. The molecule has 21 heavy (non-hydrogen) atoms. The van der Waals surface area contributed by atoms with Crippen molar-refractivity contribution in [1.82, 2.24) is 9.80 Å². The van der Waals surface area contributed by atoms with Crippen LogP contribution in [0.1, 0.15) is 42.5 Å². The minimum Gasteiger partial charge on any atom is -0.329 e. The summed E-state index contributed by atoms with van der Waals surface area (Å²) < 4.78 is 0. The molecule has 1 atom stereocenters. The summed E-state index contributed by atoms with van der Waals surface area (Å²) in [6.45, 7) is 10.9. The quantitative estimate of drug-likeness (QED) is 0.904. The Morgan fingerprint density at radius 1 is 1.24 bits per heavy atom. The Labute approximate surface area is 130 Å². The fourth-order valence-corrected chi connectivity index (χ4v) is 3.41. The molecular weight excluding hydrogens is 258 g/mol. The van der Waals surface area contributed by atoms with E-state index in [4.69, 9.17) is 5.73 Å². The van der Waals surface area contributed by atoms with Crippen molar-refractivity contribution in [1.29, 1.82) is 0 Å². The molecule has 0 saturated carbocycles. The predicted molar refractivity (Wildman–Crippen MR) is 90.6 cm³/mol. The first-order valence-electron chi connectivity index (χ1n) is 8.28. The molecule has 1 aliphatic rings. The van der Waals surface area contributed by atoms with E-state index in [1.807, 2.05) is 0 Å². The lowest BCUT2D eigenvalue weighted by Crippen LogP contribution is -2.45. The smallest absolute Gasteiger partial charge is 0.0470 e. The molecule has 0 aliphatic carbocycles. The first-order chi connectivity index (χ1) is 10.1. The molecule has 3 heteroatoms. The molecule has 2 rings (SSSR count). The van der Waals surface area contributed by atoms with Crippen LogP contribution in [0.4, 0.5) is 0 Å². The summed E-state index contributed by atoms with van der Waals surface area (Å²) >= 11 is 0. The first kappa shape index (κ1) is 16.5. The Morgan fingerprint density at radius 3 is 2.43 bits per heavy atom. The third-order valence-electron chi connectivity index (χ3n) is 5.21. The summed E-state index contributed by atoms with van der Waals surface area (Å²) in [6.07, 6.45) is 2.51. The van der Waals surface area contributed by atoms with Crippen molar-refractivity contribution < 1.29 is 0 Å². The van der Waals surface area contributed by atoms with Gasteiger partial charge in [-0.1, -0.05) is 25.1 Å². The Morgan fingerprint density at radius 2 is 1.90 bits per heavy atom. The Kier molecular flexibility index (Phi) is 5.80. The van der Waals surface area contributed by atoms with Crippen LogP contribution in [0, 0.1) is 13.8 Å². The first-order valence-corrected chi connectivity index (χ1v) is 8.28. The van der Waals surface area contributed by atoms with E-state index in [2.05, 4.69) is 55.8 Å². The van der Waals surface area contributed by atoms with Gasteiger partial charge in [-0.2, -0.15) is 0 Å². The zero-order chi connectivity index (χ0) is 15.4. The monoisotopic (exact) mass is 289 g/mol. The number of benzene rings is 1. The van der Waals surface area contributed by atoms with Gasteiger partial charge < -0.3 is 10.6 Å². The van der Waals surface area contributed by atoms with Crippen LogP contribution in [0.15, 0.2) is 18.2 Å². The summed E-state index contributed by atoms with van der Waals surface area (Å²) in [7, 11) is 2.25. The summed E-state index contributed by atoms with van der Waals surface area (Å²) in [5, 5.41) is 0. The Hall–Kier alpha value is -0.900. The molecular formula is C18H31N3. The van der Waals surface area contributed by atoms with E-state index < -0.39 is 0 Å². The number of hydrogen-bond donors (Lipinski definition) is 1. The van der Waals surface area contributed by atoms with Crippen molar-refractivity contribution in [3.63, 3.8) is 0 Å². The molecule has 1 unspecified atom stereocenters. The second-order valence-corrected chi connectivity index (χ2v) is 6.43. The summed E-state index contributed by atoms with van der Waals surface area (Å²) in [5.41, 5.74) is 10.2. The number of likely N-dealkylation sites (tertiary alicyclic amines) is 1. The van der Waals surface area contributed by atoms with Gasteiger partial charge in [-0.05, 0) is 70.1 Å². The maximum absolute atomic E-state index is 6.10. The molecule has 1 saturated heterocycles. The SMILES string of the molecule is CCN1CCC(N(C)C(CN)c2ccc(C)c(C)c2)CC1. The van der Waals surface area contributed by atoms with Crippen LogP contribution in [-0.2, 0) is 0 Å². The molecule has 0 bridgehead atoms. The normalized spacial score (nSPS) is 19.1. The molecule has 1 heterocycles. The Balaban J connectivity index is 2.08. The molecule has 1 aromatic carbocycles. The van der Waals surface area contributed by atoms with Gasteiger partial charge in [-0.25, -0.2) is 0 Å². The van der Waals surface area contributed by atoms with Gasteiger partial charge in [-0.15, -0.1) is 0 Å². The van der Waals surface area contributed by atoms with Gasteiger partial charge in [0.2, 0.25) is 0 Å². The fourth-order valence-electron chi connectivity index (χ4n) is 3.41. The minimum atomic E-state index is 0.336. The topological polar surface area (TPSA) is 32.5 Å². The van der Waals surface area contributed by atoms with E-state index in [0.29, 0.717) is 18.6 Å². The second kappa shape index (κ2) is 7.39. The van der Waals surface area contributed by atoms with E-state index in [-0.39, 0.29) is 0 Å². The van der Waals surface area contributed by atoms with Crippen LogP contribution >= 0.6 is 0 Å². The number of aryl methyl sites for hydroxylation is 2. The van der Waals surface area contributed by atoms with E-state index in [1.165, 1.54) is 49.2 Å². The lowest BCUT2D eigenvalue weighted by Gasteiger charge is -2.40. The number of hydrogen-bond acceptors (Lipinski definition) is 3. The van der Waals surface area contributed by atoms with Crippen molar-refractivity contribution >= 4 is 0 Å². The fraction of sp³-hybridized carbons (Fsp3) is 0.667. The largest absolute Gasteiger partial charge is 0.329 e. The number of rotatable bonds is 5. The highest BCUT2D eigenvalue weighted by Gasteiger charge is 2.26. The average molecular weight is 289 g/mol. The van der Waals surface area contributed by atoms with Gasteiger partial charge in [0, 0.05) is 18.6 Å². The van der Waals surface area contributed by atoms with Crippen LogP contribution in [0.25, 0.3) is 0 Å². The van der Waals surface area contributed by atoms with Crippen LogP contribution in [0.2, 0.25) is 0 Å². The van der Waals surface area contributed by atoms with Crippen molar-refractivity contribution in [2.75, 3.05) is 33.2 Å². The van der Waals surface area contributed by atoms with Gasteiger partial charge in [-0.3, -0.25) is 4.90 Å². The molecule has 0 spiro atoms. The highest BCUT2D eigenvalue weighted by atomic mass is 15.2. The second-order valence-electron chi connectivity index (χ2n) is 6.43. The van der Waals surface area contributed by atoms with Crippen LogP contribution in [0.5, 0.6) is 0 Å². The van der Waals surface area contributed by atoms with Crippen molar-refractivity contribution in [2.24, 2.45) is 5.73 Å². The maximum atomic E-state index is 6.10. The molecule has 118 valence electrons. The lowest BCUT2D eigenvalue weighted by atomic mass is 9.96. The number of nitrogens with two attached hydrogens (primary N) is 1.